The number of nitrogens with zero attached hydrogens (tertiary/aromatic N) is 1. The molecule has 0 spiro atoms. The number of benzene rings is 3. The third-order valence-corrected chi connectivity index (χ3v) is 7.44. The third-order valence-electron chi connectivity index (χ3n) is 6.60. The van der Waals surface area contributed by atoms with Crippen LogP contribution in [0.5, 0.6) is 17.2 Å². The van der Waals surface area contributed by atoms with Crippen LogP contribution in [0.3, 0.4) is 0 Å². The van der Waals surface area contributed by atoms with Crippen molar-refractivity contribution in [3.63, 3.8) is 0 Å². The number of halogens is 1. The van der Waals surface area contributed by atoms with Crippen LogP contribution in [0, 0.1) is 3.57 Å². The van der Waals surface area contributed by atoms with Crippen LogP contribution in [0.2, 0.25) is 0 Å². The van der Waals surface area contributed by atoms with Gasteiger partial charge in [0.2, 0.25) is 0 Å². The number of carboxylic acids is 1. The molecule has 0 aromatic heterocycles. The molecular formula is C32H31IN4O9. The predicted molar refractivity (Wildman–Crippen MR) is 175 cm³/mol. The molecular weight excluding hydrogens is 711 g/mol. The van der Waals surface area contributed by atoms with E-state index in [0.717, 1.165) is 14.7 Å². The van der Waals surface area contributed by atoms with Crippen LogP contribution < -0.4 is 30.3 Å². The van der Waals surface area contributed by atoms with Gasteiger partial charge in [0.1, 0.15) is 12.4 Å². The SMILES string of the molecule is CCOC(=O)C1=C(C)NC(=O)N[C@H]1c1ccc(OCC(=O)N/N=C\c2ccc(OCc3ccc(C(=O)O)cc3)c(I)c2)c(OC)c1. The number of amides is 3. The van der Waals surface area contributed by atoms with Crippen molar-refractivity contribution in [1.29, 1.82) is 0 Å². The number of carboxylic acid groups (broad SMARTS) is 1. The van der Waals surface area contributed by atoms with Crippen molar-refractivity contribution < 1.29 is 43.2 Å². The van der Waals surface area contributed by atoms with Gasteiger partial charge >= 0.3 is 18.0 Å². The van der Waals surface area contributed by atoms with E-state index in [1.165, 1.54) is 25.5 Å². The number of methoxy groups -OCH3 is 1. The monoisotopic (exact) mass is 742 g/mol. The van der Waals surface area contributed by atoms with E-state index in [4.69, 9.17) is 24.1 Å². The van der Waals surface area contributed by atoms with Gasteiger partial charge in [-0.15, -0.1) is 0 Å². The number of allylic oxidation sites excluding steroid dienone is 1. The van der Waals surface area contributed by atoms with Crippen LogP contribution in [-0.4, -0.2) is 55.5 Å². The summed E-state index contributed by atoms with van der Waals surface area (Å²) in [6.45, 7) is 3.40. The van der Waals surface area contributed by atoms with Gasteiger partial charge in [-0.25, -0.2) is 19.8 Å². The number of esters is 1. The molecule has 4 N–H and O–H groups in total. The maximum atomic E-state index is 12.6. The number of rotatable bonds is 13. The van der Waals surface area contributed by atoms with Crippen LogP contribution in [0.15, 0.2) is 77.0 Å². The van der Waals surface area contributed by atoms with Crippen molar-refractivity contribution in [1.82, 2.24) is 16.1 Å². The Morgan fingerprint density at radius 1 is 1.02 bits per heavy atom. The summed E-state index contributed by atoms with van der Waals surface area (Å²) in [6, 6.07) is 15.4. The lowest BCUT2D eigenvalue weighted by Crippen LogP contribution is -2.45. The summed E-state index contributed by atoms with van der Waals surface area (Å²) >= 11 is 2.13. The molecule has 3 aromatic carbocycles. The number of carbonyl (C=O) groups is 4. The van der Waals surface area contributed by atoms with E-state index < -0.39 is 29.9 Å². The van der Waals surface area contributed by atoms with Gasteiger partial charge in [-0.2, -0.15) is 5.10 Å². The molecule has 0 unspecified atom stereocenters. The van der Waals surface area contributed by atoms with Crippen LogP contribution in [0.4, 0.5) is 4.79 Å². The Morgan fingerprint density at radius 3 is 2.43 bits per heavy atom. The van der Waals surface area contributed by atoms with Gasteiger partial charge < -0.3 is 34.7 Å². The van der Waals surface area contributed by atoms with Crippen LogP contribution >= 0.6 is 22.6 Å². The highest BCUT2D eigenvalue weighted by Gasteiger charge is 2.32. The average Bonchev–Trinajstić information content (AvgIpc) is 3.03. The first-order chi connectivity index (χ1) is 22.1. The van der Waals surface area contributed by atoms with E-state index in [0.29, 0.717) is 17.0 Å². The molecule has 0 saturated heterocycles. The second-order valence-electron chi connectivity index (χ2n) is 9.76. The summed E-state index contributed by atoms with van der Waals surface area (Å²) in [6.07, 6.45) is 1.48. The predicted octanol–water partition coefficient (Wildman–Crippen LogP) is 4.30. The second-order valence-corrected chi connectivity index (χ2v) is 10.9. The van der Waals surface area contributed by atoms with Crippen LogP contribution in [-0.2, 0) is 20.9 Å². The summed E-state index contributed by atoms with van der Waals surface area (Å²) < 4.78 is 22.9. The summed E-state index contributed by atoms with van der Waals surface area (Å²) in [7, 11) is 1.43. The Balaban J connectivity index is 1.32. The molecule has 0 aliphatic carbocycles. The minimum Gasteiger partial charge on any atom is -0.493 e. The molecule has 0 radical (unpaired) electrons. The Bertz CT molecular complexity index is 1690. The number of hydrogen-bond donors (Lipinski definition) is 4. The van der Waals surface area contributed by atoms with Crippen molar-refractivity contribution in [2.45, 2.75) is 26.5 Å². The van der Waals surface area contributed by atoms with Gasteiger partial charge in [0.25, 0.3) is 5.91 Å². The fraction of sp³-hybridized carbons (Fsp3) is 0.219. The zero-order chi connectivity index (χ0) is 33.2. The molecule has 13 nitrogen and oxygen atoms in total. The first-order valence-electron chi connectivity index (χ1n) is 13.9. The summed E-state index contributed by atoms with van der Waals surface area (Å²) in [4.78, 5) is 48.2. The molecule has 46 heavy (non-hydrogen) atoms. The molecule has 1 aliphatic rings. The molecule has 4 rings (SSSR count). The maximum absolute atomic E-state index is 12.6. The lowest BCUT2D eigenvalue weighted by molar-refractivity contribution is -0.139. The Hall–Kier alpha value is -5.12. The molecule has 14 heteroatoms. The zero-order valence-electron chi connectivity index (χ0n) is 25.1. The van der Waals surface area contributed by atoms with E-state index in [-0.39, 0.29) is 42.5 Å². The van der Waals surface area contributed by atoms with Gasteiger partial charge in [-0.05, 0) is 95.6 Å². The molecule has 0 saturated carbocycles. The topological polar surface area (TPSA) is 174 Å². The first-order valence-corrected chi connectivity index (χ1v) is 15.0. The average molecular weight is 743 g/mol. The Labute approximate surface area is 278 Å². The van der Waals surface area contributed by atoms with Crippen molar-refractivity contribution in [3.05, 3.63) is 97.8 Å². The molecule has 240 valence electrons. The molecule has 0 bridgehead atoms. The lowest BCUT2D eigenvalue weighted by Gasteiger charge is -2.28. The van der Waals surface area contributed by atoms with E-state index in [1.54, 1.807) is 56.3 Å². The summed E-state index contributed by atoms with van der Waals surface area (Å²) in [5, 5.41) is 18.3. The lowest BCUT2D eigenvalue weighted by atomic mass is 9.95. The smallest absolute Gasteiger partial charge is 0.338 e. The van der Waals surface area contributed by atoms with E-state index in [9.17, 15) is 19.2 Å². The van der Waals surface area contributed by atoms with Crippen molar-refractivity contribution in [2.24, 2.45) is 5.10 Å². The quantitative estimate of drug-likeness (QED) is 0.0863. The molecule has 1 heterocycles. The Kier molecular flexibility index (Phi) is 11.6. The fourth-order valence-corrected chi connectivity index (χ4v) is 5.07. The number of carbonyl (C=O) groups excluding carboxylic acids is 3. The highest BCUT2D eigenvalue weighted by Crippen LogP contribution is 2.34. The van der Waals surface area contributed by atoms with Crippen molar-refractivity contribution in [3.8, 4) is 17.2 Å². The number of hydrazone groups is 1. The van der Waals surface area contributed by atoms with Crippen LogP contribution in [0.1, 0.15) is 46.9 Å². The number of nitrogens with one attached hydrogen (secondary N) is 3. The van der Waals surface area contributed by atoms with E-state index in [1.807, 2.05) is 6.07 Å². The first kappa shape index (κ1) is 33.8. The van der Waals surface area contributed by atoms with Crippen molar-refractivity contribution in [2.75, 3.05) is 20.3 Å². The van der Waals surface area contributed by atoms with Gasteiger partial charge in [-0.1, -0.05) is 18.2 Å². The van der Waals surface area contributed by atoms with Gasteiger partial charge in [0, 0.05) is 5.70 Å². The minimum absolute atomic E-state index is 0.175. The zero-order valence-corrected chi connectivity index (χ0v) is 27.2. The van der Waals surface area contributed by atoms with Gasteiger partial charge in [0.05, 0.1) is 40.7 Å². The molecule has 3 aromatic rings. The van der Waals surface area contributed by atoms with Gasteiger partial charge in [0.15, 0.2) is 18.1 Å². The van der Waals surface area contributed by atoms with Crippen LogP contribution in [0.25, 0.3) is 0 Å². The molecule has 1 aliphatic heterocycles. The third kappa shape index (κ3) is 8.74. The molecule has 3 amide bonds. The number of ether oxygens (including phenoxy) is 4. The highest BCUT2D eigenvalue weighted by atomic mass is 127. The summed E-state index contributed by atoms with van der Waals surface area (Å²) in [5.41, 5.74) is 5.36. The number of aromatic carboxylic acids is 1. The fourth-order valence-electron chi connectivity index (χ4n) is 4.38. The van der Waals surface area contributed by atoms with E-state index in [2.05, 4.69) is 43.8 Å². The highest BCUT2D eigenvalue weighted by molar-refractivity contribution is 14.1. The molecule has 0 fully saturated rings. The minimum atomic E-state index is -0.986. The number of urea groups is 1. The maximum Gasteiger partial charge on any atom is 0.338 e. The number of hydrogen-bond acceptors (Lipinski definition) is 9. The Morgan fingerprint density at radius 2 is 1.76 bits per heavy atom. The molecule has 1 atom stereocenters. The normalized spacial score (nSPS) is 14.3. The van der Waals surface area contributed by atoms with Crippen molar-refractivity contribution >= 4 is 52.7 Å². The van der Waals surface area contributed by atoms with Gasteiger partial charge in [-0.3, -0.25) is 4.79 Å². The summed E-state index contributed by atoms with van der Waals surface area (Å²) in [5.74, 6) is -0.859. The van der Waals surface area contributed by atoms with E-state index >= 15 is 0 Å². The second kappa shape index (κ2) is 15.7. The standard InChI is InChI=1S/C32H31IN4O9/c1-4-44-31(41)28-18(2)35-32(42)36-29(28)22-10-12-25(26(14-22)43-3)46-17-27(38)37-34-15-20-7-11-24(23(33)13-20)45-16-19-5-8-21(9-6-19)30(39)40/h5-15,29H,4,16-17H2,1-3H3,(H,37,38)(H,39,40)(H2,35,36,42)/b34-15-/t29-/m0/s1. The largest absolute Gasteiger partial charge is 0.493 e.